The molecule has 2 aromatic rings. The van der Waals surface area contributed by atoms with Crippen LogP contribution in [0.2, 0.25) is 0 Å². The molecular weight excluding hydrogens is 668 g/mol. The third kappa shape index (κ3) is 18.3. The van der Waals surface area contributed by atoms with Gasteiger partial charge in [0.05, 0.1) is 70.7 Å². The number of hydrogen-bond donors (Lipinski definition) is 0. The Morgan fingerprint density at radius 3 is 1.35 bits per heavy atom. The molecule has 0 aliphatic heterocycles. The smallest absolute Gasteiger partial charge is 0.159 e. The van der Waals surface area contributed by atoms with E-state index in [9.17, 15) is 0 Å². The minimum atomic E-state index is -1.96. The van der Waals surface area contributed by atoms with Crippen LogP contribution in [0.25, 0.3) is 0 Å². The summed E-state index contributed by atoms with van der Waals surface area (Å²) in [6.45, 7) is 17.2. The third-order valence-electron chi connectivity index (χ3n) is 8.17. The molecule has 0 bridgehead atoms. The molecule has 0 saturated carbocycles. The fourth-order valence-corrected chi connectivity index (χ4v) is 14.8. The predicted molar refractivity (Wildman–Crippen MR) is 216 cm³/mol. The molecule has 0 aromatic heterocycles. The van der Waals surface area contributed by atoms with Crippen molar-refractivity contribution < 1.29 is 18.9 Å². The minimum absolute atomic E-state index is 0.674. The summed E-state index contributed by atoms with van der Waals surface area (Å²) in [5.41, 5.74) is 36.6. The monoisotopic (exact) mass is 722 g/mol. The molecule has 0 spiro atoms. The molecule has 51 heavy (non-hydrogen) atoms. The van der Waals surface area contributed by atoms with Crippen molar-refractivity contribution >= 4 is 14.5 Å². The number of rotatable bonds is 23. The molecule has 6 heteroatoms. The lowest BCUT2D eigenvalue weighted by molar-refractivity contribution is 0.159. The Bertz CT molecular complexity index is 1750. The quantitative estimate of drug-likeness (QED) is 0.0651. The average Bonchev–Trinajstić information content (AvgIpc) is 3.14. The van der Waals surface area contributed by atoms with Crippen molar-refractivity contribution in [3.63, 3.8) is 0 Å². The van der Waals surface area contributed by atoms with Crippen molar-refractivity contribution in [3.05, 3.63) is 152 Å². The van der Waals surface area contributed by atoms with Crippen molar-refractivity contribution in [1.29, 1.82) is 0 Å². The van der Waals surface area contributed by atoms with E-state index in [-0.39, 0.29) is 0 Å². The SMILES string of the molecule is C=C=C=C=C=C=C=C=C=C=C=C=C=C([14CH2][P+](CCOCC)(CCOCC)Cc1ccccc1)[P+](CCOCC)(CCOCC)Cc1ccccc1. The van der Waals surface area contributed by atoms with Crippen LogP contribution in [0.3, 0.4) is 0 Å². The molecule has 2 rings (SSSR count). The summed E-state index contributed by atoms with van der Waals surface area (Å²) in [5, 5.41) is 1.31. The summed E-state index contributed by atoms with van der Waals surface area (Å²) >= 11 is 0. The van der Waals surface area contributed by atoms with Gasteiger partial charge in [0, 0.05) is 33.7 Å². The van der Waals surface area contributed by atoms with Crippen LogP contribution in [0, 0.1) is 0 Å². The number of benzene rings is 2. The zero-order chi connectivity index (χ0) is 36.7. The lowest BCUT2D eigenvalue weighted by Gasteiger charge is -2.33. The van der Waals surface area contributed by atoms with Crippen LogP contribution in [-0.4, -0.2) is 83.7 Å². The summed E-state index contributed by atoms with van der Waals surface area (Å²) in [6, 6.07) is 21.7. The van der Waals surface area contributed by atoms with Gasteiger partial charge in [-0.25, -0.2) is 0 Å². The van der Waals surface area contributed by atoms with Gasteiger partial charge >= 0.3 is 0 Å². The molecule has 0 unspecified atom stereocenters. The van der Waals surface area contributed by atoms with Crippen molar-refractivity contribution in [2.45, 2.75) is 40.0 Å². The van der Waals surface area contributed by atoms with Gasteiger partial charge in [-0.1, -0.05) is 66.4 Å². The molecule has 2 aromatic carbocycles. The summed E-state index contributed by atoms with van der Waals surface area (Å²) in [5.74, 6) is 0. The highest BCUT2D eigenvalue weighted by Gasteiger charge is 2.49. The highest BCUT2D eigenvalue weighted by molar-refractivity contribution is 7.82. The molecule has 0 radical (unpaired) electrons. The van der Waals surface area contributed by atoms with Crippen molar-refractivity contribution in [2.24, 2.45) is 0 Å². The molecular formula is C45H54O4P2+2. The molecule has 0 heterocycles. The highest BCUT2D eigenvalue weighted by Crippen LogP contribution is 2.73. The lowest BCUT2D eigenvalue weighted by Crippen LogP contribution is -2.23. The standard InChI is InChI=1S/C45H54O4P2/c1-6-11-12-13-14-15-16-17-18-19-26-31-45(51(38-34-48-9-4,39-35-49-10-5)41-44-29-24-21-25-30-44)42-50(36-32-46-7-2,37-33-47-8-3)40-43-27-22-20-23-28-43/h20-25,27-30H,1,7-10,32-42H2,2-5H3/q+2/i42+2. The molecule has 0 atom stereocenters. The Kier molecular flexibility index (Phi) is 23.7. The molecule has 0 aliphatic carbocycles. The lowest BCUT2D eigenvalue weighted by atomic mass is 10.2. The fourth-order valence-electron chi connectivity index (χ4n) is 5.62. The van der Waals surface area contributed by atoms with Crippen LogP contribution < -0.4 is 0 Å². The van der Waals surface area contributed by atoms with Gasteiger partial charge in [-0.15, -0.1) is 0 Å². The maximum atomic E-state index is 6.09. The van der Waals surface area contributed by atoms with E-state index in [0.717, 1.165) is 43.1 Å². The normalized spacial score (nSPS) is 10.2. The molecule has 0 fully saturated rings. The van der Waals surface area contributed by atoms with Crippen molar-refractivity contribution in [3.8, 4) is 0 Å². The Labute approximate surface area is 308 Å². The maximum absolute atomic E-state index is 6.09. The summed E-state index contributed by atoms with van der Waals surface area (Å²) in [7, 11) is -3.72. The first kappa shape index (κ1) is 43.4. The zero-order valence-electron chi connectivity index (χ0n) is 31.1. The topological polar surface area (TPSA) is 36.9 Å². The maximum Gasteiger partial charge on any atom is 0.159 e. The Hall–Kier alpha value is -3.76. The van der Waals surface area contributed by atoms with E-state index in [1.54, 1.807) is 0 Å². The van der Waals surface area contributed by atoms with E-state index < -0.39 is 14.5 Å². The largest absolute Gasteiger partial charge is 0.378 e. The summed E-state index contributed by atoms with van der Waals surface area (Å²) in [6.07, 6.45) is 6.70. The minimum Gasteiger partial charge on any atom is -0.378 e. The molecule has 0 aliphatic rings. The first-order valence-corrected chi connectivity index (χ1v) is 22.7. The number of allylic oxidation sites excluding steroid dienone is 1. The van der Waals surface area contributed by atoms with E-state index in [0.29, 0.717) is 52.9 Å². The number of ether oxygens (including phenoxy) is 4. The van der Waals surface area contributed by atoms with E-state index in [2.05, 4.69) is 164 Å². The van der Waals surface area contributed by atoms with Gasteiger partial charge in [-0.05, 0) is 108 Å². The summed E-state index contributed by atoms with van der Waals surface area (Å²) in [4.78, 5) is 0. The Balaban J connectivity index is 3.01. The van der Waals surface area contributed by atoms with Crippen LogP contribution >= 0.6 is 14.5 Å². The molecule has 266 valence electrons. The fraction of sp³-hybridized carbons (Fsp3) is 0.422. The molecule has 4 nitrogen and oxygen atoms in total. The average molecular weight is 723 g/mol. The Morgan fingerprint density at radius 2 is 0.922 bits per heavy atom. The predicted octanol–water partition coefficient (Wildman–Crippen LogP) is 9.94. The second kappa shape index (κ2) is 27.9. The van der Waals surface area contributed by atoms with Crippen LogP contribution in [-0.2, 0) is 31.3 Å². The van der Waals surface area contributed by atoms with Gasteiger partial charge in [0.2, 0.25) is 0 Å². The first-order chi connectivity index (χ1) is 25.1. The van der Waals surface area contributed by atoms with Gasteiger partial charge in [0.25, 0.3) is 0 Å². The van der Waals surface area contributed by atoms with Crippen molar-refractivity contribution in [1.82, 2.24) is 0 Å². The molecule has 0 saturated heterocycles. The zero-order valence-corrected chi connectivity index (χ0v) is 32.9. The van der Waals surface area contributed by atoms with E-state index in [1.165, 1.54) is 16.4 Å². The highest BCUT2D eigenvalue weighted by atomic mass is 31.2. The second-order valence-corrected chi connectivity index (χ2v) is 19.9. The molecule has 0 amide bonds. The third-order valence-corrected chi connectivity index (χ3v) is 17.2. The van der Waals surface area contributed by atoms with E-state index >= 15 is 0 Å². The number of hydrogen-bond acceptors (Lipinski definition) is 4. The first-order valence-electron chi connectivity index (χ1n) is 17.8. The van der Waals surface area contributed by atoms with Gasteiger partial charge in [-0.2, -0.15) is 0 Å². The van der Waals surface area contributed by atoms with Gasteiger partial charge < -0.3 is 18.9 Å². The second-order valence-electron chi connectivity index (χ2n) is 11.6. The van der Waals surface area contributed by atoms with Gasteiger partial charge in [-0.3, -0.25) is 0 Å². The van der Waals surface area contributed by atoms with Crippen LogP contribution in [0.15, 0.2) is 141 Å². The van der Waals surface area contributed by atoms with Crippen LogP contribution in [0.1, 0.15) is 38.8 Å². The van der Waals surface area contributed by atoms with Crippen molar-refractivity contribution in [2.75, 3.05) is 83.7 Å². The van der Waals surface area contributed by atoms with Crippen LogP contribution in [0.5, 0.6) is 0 Å². The van der Waals surface area contributed by atoms with Gasteiger partial charge in [0.1, 0.15) is 6.16 Å². The van der Waals surface area contributed by atoms with Gasteiger partial charge in [0.15, 0.2) is 5.31 Å². The summed E-state index contributed by atoms with van der Waals surface area (Å²) < 4.78 is 24.3. The van der Waals surface area contributed by atoms with E-state index in [1.807, 2.05) is 0 Å². The Morgan fingerprint density at radius 1 is 0.529 bits per heavy atom. The molecule has 0 N–H and O–H groups in total. The van der Waals surface area contributed by atoms with E-state index in [4.69, 9.17) is 18.9 Å². The van der Waals surface area contributed by atoms with Crippen LogP contribution in [0.4, 0.5) is 0 Å².